The van der Waals surface area contributed by atoms with Crippen molar-refractivity contribution < 1.29 is 14.3 Å². The standard InChI is InChI=1S/C26H30N4O3/c1-3-23(22-8-4-5-9-24(22)33-18-25(31)29-16-6-7-17-29)28-26(32)20-10-12-21(13-11-20)30-19(2)14-15-27-30/h4-5,8-15,23H,3,6-7,16-18H2,1-2H3,(H,28,32). The summed E-state index contributed by atoms with van der Waals surface area (Å²) in [4.78, 5) is 27.2. The number of hydrogen-bond donors (Lipinski definition) is 1. The zero-order valence-electron chi connectivity index (χ0n) is 19.2. The Hall–Kier alpha value is -3.61. The third kappa shape index (κ3) is 5.25. The molecule has 2 amide bonds. The van der Waals surface area contributed by atoms with Crippen LogP contribution in [0.5, 0.6) is 5.75 Å². The van der Waals surface area contributed by atoms with E-state index in [-0.39, 0.29) is 24.5 Å². The molecule has 1 aliphatic rings. The van der Waals surface area contributed by atoms with Gasteiger partial charge in [0.05, 0.1) is 11.7 Å². The van der Waals surface area contributed by atoms with Gasteiger partial charge < -0.3 is 15.0 Å². The molecule has 1 aliphatic heterocycles. The molecular formula is C26H30N4O3. The number of ether oxygens (including phenoxy) is 1. The summed E-state index contributed by atoms with van der Waals surface area (Å²) in [5.74, 6) is 0.474. The minimum atomic E-state index is -0.233. The van der Waals surface area contributed by atoms with Gasteiger partial charge in [0.25, 0.3) is 11.8 Å². The van der Waals surface area contributed by atoms with Crippen LogP contribution in [0.1, 0.15) is 53.8 Å². The predicted molar refractivity (Wildman–Crippen MR) is 127 cm³/mol. The number of rotatable bonds is 8. The molecule has 1 fully saturated rings. The van der Waals surface area contributed by atoms with Gasteiger partial charge in [0.2, 0.25) is 0 Å². The first kappa shape index (κ1) is 22.6. The SMILES string of the molecule is CCC(NC(=O)c1ccc(-n2nccc2C)cc1)c1ccccc1OCC(=O)N1CCCC1. The lowest BCUT2D eigenvalue weighted by Crippen LogP contribution is -2.32. The summed E-state index contributed by atoms with van der Waals surface area (Å²) < 4.78 is 7.72. The van der Waals surface area contributed by atoms with E-state index in [1.807, 2.05) is 65.9 Å². The predicted octanol–water partition coefficient (Wildman–Crippen LogP) is 4.06. The molecule has 4 rings (SSSR count). The molecule has 1 N–H and O–H groups in total. The van der Waals surface area contributed by atoms with Crippen molar-refractivity contribution in [1.82, 2.24) is 20.0 Å². The number of likely N-dealkylation sites (tertiary alicyclic amines) is 1. The van der Waals surface area contributed by atoms with E-state index in [0.29, 0.717) is 17.7 Å². The molecule has 0 saturated carbocycles. The van der Waals surface area contributed by atoms with Crippen LogP contribution >= 0.6 is 0 Å². The highest BCUT2D eigenvalue weighted by atomic mass is 16.5. The second-order valence-corrected chi connectivity index (χ2v) is 8.28. The van der Waals surface area contributed by atoms with E-state index in [9.17, 15) is 9.59 Å². The minimum Gasteiger partial charge on any atom is -0.483 e. The van der Waals surface area contributed by atoms with Crippen LogP contribution in [0.25, 0.3) is 5.69 Å². The van der Waals surface area contributed by atoms with Crippen LogP contribution in [0.3, 0.4) is 0 Å². The molecule has 33 heavy (non-hydrogen) atoms. The molecule has 0 spiro atoms. The summed E-state index contributed by atoms with van der Waals surface area (Å²) >= 11 is 0. The summed E-state index contributed by atoms with van der Waals surface area (Å²) in [6, 6.07) is 16.7. The maximum absolute atomic E-state index is 13.0. The highest BCUT2D eigenvalue weighted by molar-refractivity contribution is 5.94. The second-order valence-electron chi connectivity index (χ2n) is 8.28. The van der Waals surface area contributed by atoms with E-state index in [4.69, 9.17) is 4.74 Å². The molecule has 0 bridgehead atoms. The van der Waals surface area contributed by atoms with Gasteiger partial charge in [0.1, 0.15) is 5.75 Å². The van der Waals surface area contributed by atoms with Gasteiger partial charge in [-0.25, -0.2) is 4.68 Å². The number of carbonyl (C=O) groups is 2. The summed E-state index contributed by atoms with van der Waals surface area (Å²) in [7, 11) is 0. The van der Waals surface area contributed by atoms with Crippen molar-refractivity contribution in [2.75, 3.05) is 19.7 Å². The fourth-order valence-electron chi connectivity index (χ4n) is 4.13. The smallest absolute Gasteiger partial charge is 0.260 e. The molecule has 1 unspecified atom stereocenters. The van der Waals surface area contributed by atoms with Crippen molar-refractivity contribution in [3.63, 3.8) is 0 Å². The van der Waals surface area contributed by atoms with Crippen molar-refractivity contribution in [3.8, 4) is 11.4 Å². The van der Waals surface area contributed by atoms with E-state index >= 15 is 0 Å². The zero-order chi connectivity index (χ0) is 23.2. The van der Waals surface area contributed by atoms with Gasteiger partial charge in [-0.15, -0.1) is 0 Å². The van der Waals surface area contributed by atoms with Gasteiger partial charge in [0.15, 0.2) is 6.61 Å². The van der Waals surface area contributed by atoms with Crippen LogP contribution in [0.4, 0.5) is 0 Å². The van der Waals surface area contributed by atoms with Crippen molar-refractivity contribution >= 4 is 11.8 Å². The number of para-hydroxylation sites is 1. The second kappa shape index (κ2) is 10.3. The summed E-state index contributed by atoms with van der Waals surface area (Å²) in [6.45, 7) is 5.61. The average Bonchev–Trinajstić information content (AvgIpc) is 3.53. The van der Waals surface area contributed by atoms with Crippen molar-refractivity contribution in [2.24, 2.45) is 0 Å². The van der Waals surface area contributed by atoms with E-state index in [2.05, 4.69) is 10.4 Å². The Balaban J connectivity index is 1.43. The van der Waals surface area contributed by atoms with Crippen LogP contribution in [0.15, 0.2) is 60.8 Å². The van der Waals surface area contributed by atoms with Crippen molar-refractivity contribution in [2.45, 2.75) is 39.2 Å². The van der Waals surface area contributed by atoms with Crippen LogP contribution in [0.2, 0.25) is 0 Å². The zero-order valence-corrected chi connectivity index (χ0v) is 19.2. The lowest BCUT2D eigenvalue weighted by atomic mass is 10.0. The Kier molecular flexibility index (Phi) is 7.07. The fourth-order valence-corrected chi connectivity index (χ4v) is 4.13. The molecule has 7 heteroatoms. The molecule has 1 saturated heterocycles. The monoisotopic (exact) mass is 446 g/mol. The molecule has 0 radical (unpaired) electrons. The number of nitrogens with zero attached hydrogens (tertiary/aromatic N) is 3. The van der Waals surface area contributed by atoms with Gasteiger partial charge >= 0.3 is 0 Å². The quantitative estimate of drug-likeness (QED) is 0.566. The molecule has 1 atom stereocenters. The maximum Gasteiger partial charge on any atom is 0.260 e. The maximum atomic E-state index is 13.0. The fraction of sp³-hybridized carbons (Fsp3) is 0.346. The molecular weight excluding hydrogens is 416 g/mol. The van der Waals surface area contributed by atoms with Crippen LogP contribution in [-0.2, 0) is 4.79 Å². The first-order chi connectivity index (χ1) is 16.1. The third-order valence-electron chi connectivity index (χ3n) is 6.02. The van der Waals surface area contributed by atoms with Crippen molar-refractivity contribution in [1.29, 1.82) is 0 Å². The van der Waals surface area contributed by atoms with Crippen LogP contribution in [0, 0.1) is 6.92 Å². The van der Waals surface area contributed by atoms with Gasteiger partial charge in [-0.1, -0.05) is 25.1 Å². The Bertz CT molecular complexity index is 1100. The highest BCUT2D eigenvalue weighted by Gasteiger charge is 2.21. The Labute approximate surface area is 194 Å². The van der Waals surface area contributed by atoms with Crippen LogP contribution < -0.4 is 10.1 Å². The van der Waals surface area contributed by atoms with E-state index in [1.165, 1.54) is 0 Å². The van der Waals surface area contributed by atoms with E-state index in [1.54, 1.807) is 18.3 Å². The van der Waals surface area contributed by atoms with E-state index in [0.717, 1.165) is 42.9 Å². The third-order valence-corrected chi connectivity index (χ3v) is 6.02. The summed E-state index contributed by atoms with van der Waals surface area (Å²) in [6.07, 6.45) is 4.54. The molecule has 1 aromatic heterocycles. The van der Waals surface area contributed by atoms with Gasteiger partial charge in [-0.2, -0.15) is 5.10 Å². The van der Waals surface area contributed by atoms with Gasteiger partial charge in [-0.05, 0) is 62.6 Å². The molecule has 2 aromatic carbocycles. The van der Waals surface area contributed by atoms with E-state index < -0.39 is 0 Å². The topological polar surface area (TPSA) is 76.5 Å². The number of hydrogen-bond acceptors (Lipinski definition) is 4. The molecule has 7 nitrogen and oxygen atoms in total. The molecule has 2 heterocycles. The minimum absolute atomic E-state index is 0.00638. The Morgan fingerprint density at radius 3 is 2.45 bits per heavy atom. The molecule has 172 valence electrons. The number of carbonyl (C=O) groups excluding carboxylic acids is 2. The number of benzene rings is 2. The summed E-state index contributed by atoms with van der Waals surface area (Å²) in [5.41, 5.74) is 3.37. The first-order valence-corrected chi connectivity index (χ1v) is 11.5. The lowest BCUT2D eigenvalue weighted by molar-refractivity contribution is -0.132. The number of aromatic nitrogens is 2. The van der Waals surface area contributed by atoms with Crippen LogP contribution in [-0.4, -0.2) is 46.2 Å². The summed E-state index contributed by atoms with van der Waals surface area (Å²) in [5, 5.41) is 7.41. The first-order valence-electron chi connectivity index (χ1n) is 11.5. The number of nitrogens with one attached hydrogen (secondary N) is 1. The number of aryl methyl sites for hydroxylation is 1. The van der Waals surface area contributed by atoms with Gasteiger partial charge in [0, 0.05) is 36.1 Å². The Morgan fingerprint density at radius 1 is 1.06 bits per heavy atom. The Morgan fingerprint density at radius 2 is 1.79 bits per heavy atom. The largest absolute Gasteiger partial charge is 0.483 e. The molecule has 3 aromatic rings. The average molecular weight is 447 g/mol. The van der Waals surface area contributed by atoms with Crippen molar-refractivity contribution in [3.05, 3.63) is 77.6 Å². The highest BCUT2D eigenvalue weighted by Crippen LogP contribution is 2.28. The number of amides is 2. The van der Waals surface area contributed by atoms with Gasteiger partial charge in [-0.3, -0.25) is 9.59 Å². The normalized spacial score (nSPS) is 14.2. The molecule has 0 aliphatic carbocycles. The lowest BCUT2D eigenvalue weighted by Gasteiger charge is -2.22.